The van der Waals surface area contributed by atoms with Gasteiger partial charge in [0, 0.05) is 5.56 Å². The normalized spacial score (nSPS) is 11.1. The van der Waals surface area contributed by atoms with Crippen molar-refractivity contribution in [3.05, 3.63) is 118 Å². The molecule has 4 rings (SSSR count). The SMILES string of the molecule is CS(=O)(=O)N(Cc1ccc(C(=O)Nc2ccccc2C(=O)NCc2ccco2)cc1)c1cccc(Cl)c1Cl. The summed E-state index contributed by atoms with van der Waals surface area (Å²) in [5.41, 5.74) is 1.85. The highest BCUT2D eigenvalue weighted by Gasteiger charge is 2.22. The standard InChI is InChI=1S/C27H23Cl2N3O5S/c1-38(35,36)32(24-10-4-8-22(28)25(24)29)17-18-11-13-19(14-12-18)26(33)31-23-9-3-2-7-21(23)27(34)30-16-20-6-5-15-37-20/h2-15H,16-17H2,1H3,(H,30,34)(H,31,33). The summed E-state index contributed by atoms with van der Waals surface area (Å²) >= 11 is 12.3. The summed E-state index contributed by atoms with van der Waals surface area (Å²) in [6.45, 7) is 0.194. The Morgan fingerprint density at radius 3 is 2.32 bits per heavy atom. The van der Waals surface area contributed by atoms with Gasteiger partial charge in [-0.3, -0.25) is 13.9 Å². The van der Waals surface area contributed by atoms with E-state index in [-0.39, 0.29) is 34.7 Å². The molecule has 4 aromatic rings. The number of nitrogens with one attached hydrogen (secondary N) is 2. The summed E-state index contributed by atoms with van der Waals surface area (Å²) in [5, 5.41) is 5.88. The van der Waals surface area contributed by atoms with Crippen LogP contribution in [0.1, 0.15) is 32.0 Å². The lowest BCUT2D eigenvalue weighted by Crippen LogP contribution is -2.29. The van der Waals surface area contributed by atoms with E-state index >= 15 is 0 Å². The van der Waals surface area contributed by atoms with Crippen LogP contribution in [0.3, 0.4) is 0 Å². The average Bonchev–Trinajstić information content (AvgIpc) is 3.41. The molecule has 8 nitrogen and oxygen atoms in total. The fourth-order valence-corrected chi connectivity index (χ4v) is 4.99. The molecule has 1 heterocycles. The van der Waals surface area contributed by atoms with Crippen molar-refractivity contribution in [2.45, 2.75) is 13.1 Å². The molecule has 196 valence electrons. The second-order valence-corrected chi connectivity index (χ2v) is 11.0. The van der Waals surface area contributed by atoms with Crippen molar-refractivity contribution in [1.82, 2.24) is 5.32 Å². The first-order chi connectivity index (χ1) is 18.1. The molecule has 0 saturated heterocycles. The molecule has 0 atom stereocenters. The van der Waals surface area contributed by atoms with E-state index in [1.807, 2.05) is 0 Å². The van der Waals surface area contributed by atoms with E-state index in [2.05, 4.69) is 10.6 Å². The van der Waals surface area contributed by atoms with Gasteiger partial charge in [-0.2, -0.15) is 0 Å². The fraction of sp³-hybridized carbons (Fsp3) is 0.111. The van der Waals surface area contributed by atoms with Gasteiger partial charge in [-0.05, 0) is 54.1 Å². The number of furan rings is 1. The molecule has 0 bridgehead atoms. The largest absolute Gasteiger partial charge is 0.467 e. The number of nitrogens with zero attached hydrogens (tertiary/aromatic N) is 1. The number of benzene rings is 3. The first kappa shape index (κ1) is 27.3. The molecule has 1 aromatic heterocycles. The fourth-order valence-electron chi connectivity index (χ4n) is 3.65. The molecule has 0 radical (unpaired) electrons. The van der Waals surface area contributed by atoms with Crippen LogP contribution in [-0.2, 0) is 23.1 Å². The third-order valence-electron chi connectivity index (χ3n) is 5.57. The number of halogens is 2. The zero-order chi connectivity index (χ0) is 27.3. The summed E-state index contributed by atoms with van der Waals surface area (Å²) in [4.78, 5) is 25.6. The van der Waals surface area contributed by atoms with E-state index < -0.39 is 15.9 Å². The number of para-hydroxylation sites is 1. The van der Waals surface area contributed by atoms with Gasteiger partial charge in [0.25, 0.3) is 11.8 Å². The first-order valence-corrected chi connectivity index (χ1v) is 14.0. The Kier molecular flexibility index (Phi) is 8.41. The highest BCUT2D eigenvalue weighted by molar-refractivity contribution is 7.92. The van der Waals surface area contributed by atoms with Crippen molar-refractivity contribution in [1.29, 1.82) is 0 Å². The Bertz CT molecular complexity index is 1560. The second-order valence-electron chi connectivity index (χ2n) is 8.30. The van der Waals surface area contributed by atoms with Crippen LogP contribution in [0.15, 0.2) is 89.5 Å². The van der Waals surface area contributed by atoms with Gasteiger partial charge in [-0.15, -0.1) is 0 Å². The Hall–Kier alpha value is -3.79. The Labute approximate surface area is 230 Å². The molecular weight excluding hydrogens is 549 g/mol. The topological polar surface area (TPSA) is 109 Å². The van der Waals surface area contributed by atoms with Crippen molar-refractivity contribution < 1.29 is 22.4 Å². The van der Waals surface area contributed by atoms with E-state index in [0.29, 0.717) is 28.1 Å². The van der Waals surface area contributed by atoms with Crippen LogP contribution in [0.25, 0.3) is 0 Å². The lowest BCUT2D eigenvalue weighted by Gasteiger charge is -2.24. The summed E-state index contributed by atoms with van der Waals surface area (Å²) in [6, 6.07) is 21.3. The molecule has 3 aromatic carbocycles. The minimum Gasteiger partial charge on any atom is -0.467 e. The van der Waals surface area contributed by atoms with E-state index in [1.54, 1.807) is 78.9 Å². The van der Waals surface area contributed by atoms with Gasteiger partial charge in [0.05, 0.1) is 52.6 Å². The highest BCUT2D eigenvalue weighted by atomic mass is 35.5. The van der Waals surface area contributed by atoms with E-state index in [9.17, 15) is 18.0 Å². The molecular formula is C27H23Cl2N3O5S. The van der Waals surface area contributed by atoms with E-state index in [0.717, 1.165) is 10.6 Å². The molecule has 0 aliphatic rings. The number of hydrogen-bond donors (Lipinski definition) is 2. The third kappa shape index (κ3) is 6.55. The molecule has 2 amide bonds. The summed E-state index contributed by atoms with van der Waals surface area (Å²) in [7, 11) is -3.69. The Balaban J connectivity index is 1.47. The molecule has 0 fully saturated rings. The summed E-state index contributed by atoms with van der Waals surface area (Å²) in [6.07, 6.45) is 2.60. The molecule has 38 heavy (non-hydrogen) atoms. The van der Waals surface area contributed by atoms with E-state index in [4.69, 9.17) is 27.6 Å². The van der Waals surface area contributed by atoms with Gasteiger partial charge >= 0.3 is 0 Å². The maximum absolute atomic E-state index is 12.9. The Morgan fingerprint density at radius 1 is 0.895 bits per heavy atom. The van der Waals surface area contributed by atoms with Gasteiger partial charge in [0.15, 0.2) is 0 Å². The van der Waals surface area contributed by atoms with Crippen molar-refractivity contribution >= 4 is 56.4 Å². The molecule has 0 saturated carbocycles. The number of hydrogen-bond acceptors (Lipinski definition) is 5. The van der Waals surface area contributed by atoms with Crippen molar-refractivity contribution in [3.63, 3.8) is 0 Å². The van der Waals surface area contributed by atoms with Gasteiger partial charge in [0.1, 0.15) is 5.76 Å². The van der Waals surface area contributed by atoms with Crippen LogP contribution < -0.4 is 14.9 Å². The van der Waals surface area contributed by atoms with Crippen LogP contribution in [0.5, 0.6) is 0 Å². The molecule has 0 spiro atoms. The number of amides is 2. The van der Waals surface area contributed by atoms with Gasteiger partial charge in [0.2, 0.25) is 10.0 Å². The predicted octanol–water partition coefficient (Wildman–Crippen LogP) is 5.73. The van der Waals surface area contributed by atoms with Crippen LogP contribution in [0.4, 0.5) is 11.4 Å². The summed E-state index contributed by atoms with van der Waals surface area (Å²) < 4.78 is 31.4. The number of carbonyl (C=O) groups is 2. The predicted molar refractivity (Wildman–Crippen MR) is 148 cm³/mol. The average molecular weight is 572 g/mol. The third-order valence-corrected chi connectivity index (χ3v) is 7.50. The quantitative estimate of drug-likeness (QED) is 0.266. The highest BCUT2D eigenvalue weighted by Crippen LogP contribution is 2.34. The molecule has 0 unspecified atom stereocenters. The molecule has 0 aliphatic carbocycles. The zero-order valence-electron chi connectivity index (χ0n) is 20.1. The van der Waals surface area contributed by atoms with Crippen LogP contribution >= 0.6 is 23.2 Å². The second kappa shape index (κ2) is 11.7. The monoisotopic (exact) mass is 571 g/mol. The minimum atomic E-state index is -3.69. The van der Waals surface area contributed by atoms with Crippen LogP contribution in [0, 0.1) is 0 Å². The van der Waals surface area contributed by atoms with Crippen molar-refractivity contribution in [3.8, 4) is 0 Å². The first-order valence-electron chi connectivity index (χ1n) is 11.3. The van der Waals surface area contributed by atoms with E-state index in [1.165, 1.54) is 6.26 Å². The van der Waals surface area contributed by atoms with Gasteiger partial charge in [-0.25, -0.2) is 8.42 Å². The maximum atomic E-state index is 12.9. The van der Waals surface area contributed by atoms with Crippen LogP contribution in [-0.4, -0.2) is 26.5 Å². The molecule has 0 aliphatic heterocycles. The van der Waals surface area contributed by atoms with Crippen molar-refractivity contribution in [2.75, 3.05) is 15.9 Å². The van der Waals surface area contributed by atoms with Gasteiger partial charge < -0.3 is 15.1 Å². The number of sulfonamides is 1. The van der Waals surface area contributed by atoms with Crippen LogP contribution in [0.2, 0.25) is 10.0 Å². The van der Waals surface area contributed by atoms with Gasteiger partial charge in [-0.1, -0.05) is 53.5 Å². The Morgan fingerprint density at radius 2 is 1.63 bits per heavy atom. The summed E-state index contributed by atoms with van der Waals surface area (Å²) in [5.74, 6) is -0.194. The molecule has 2 N–H and O–H groups in total. The lowest BCUT2D eigenvalue weighted by molar-refractivity contribution is 0.0949. The number of anilines is 2. The smallest absolute Gasteiger partial charge is 0.255 e. The maximum Gasteiger partial charge on any atom is 0.255 e. The van der Waals surface area contributed by atoms with Crippen molar-refractivity contribution in [2.24, 2.45) is 0 Å². The zero-order valence-corrected chi connectivity index (χ0v) is 22.5. The number of rotatable bonds is 9. The minimum absolute atomic E-state index is 0.0144. The number of carbonyl (C=O) groups excluding carboxylic acids is 2. The molecule has 11 heteroatoms. The lowest BCUT2D eigenvalue weighted by atomic mass is 10.1.